The Morgan fingerprint density at radius 3 is 1.88 bits per heavy atom. The number of rotatable bonds is 11. The first-order valence-corrected chi connectivity index (χ1v) is 11.7. The van der Waals surface area contributed by atoms with Crippen molar-refractivity contribution in [2.75, 3.05) is 48.6 Å². The van der Waals surface area contributed by atoms with Crippen LogP contribution in [-0.2, 0) is 19.3 Å². The molecule has 0 atom stereocenters. The van der Waals surface area contributed by atoms with Gasteiger partial charge in [0.15, 0.2) is 23.0 Å². The highest BCUT2D eigenvalue weighted by Crippen LogP contribution is 2.35. The fourth-order valence-corrected chi connectivity index (χ4v) is 4.70. The van der Waals surface area contributed by atoms with Crippen molar-refractivity contribution in [3.05, 3.63) is 47.0 Å². The zero-order chi connectivity index (χ0) is 22.9. The Balaban J connectivity index is 1.42. The first-order valence-electron chi connectivity index (χ1n) is 11.7. The van der Waals surface area contributed by atoms with E-state index in [0.29, 0.717) is 0 Å². The third kappa shape index (κ3) is 6.32. The molecule has 0 bridgehead atoms. The molecule has 176 valence electrons. The van der Waals surface area contributed by atoms with Gasteiger partial charge in [-0.25, -0.2) is 0 Å². The third-order valence-electron chi connectivity index (χ3n) is 6.73. The number of benzene rings is 2. The largest absolute Gasteiger partial charge is 0.493 e. The summed E-state index contributed by atoms with van der Waals surface area (Å²) in [5, 5.41) is 0. The zero-order valence-electron chi connectivity index (χ0n) is 20.4. The van der Waals surface area contributed by atoms with E-state index in [1.165, 1.54) is 42.4 Å². The van der Waals surface area contributed by atoms with Crippen molar-refractivity contribution in [3.63, 3.8) is 0 Å². The molecule has 0 radical (unpaired) electrons. The van der Waals surface area contributed by atoms with Gasteiger partial charge >= 0.3 is 0 Å². The SMILES string of the molecule is COc1ccc(CCN(C)CCCC2CCc3cc(OC)c(OC)cc3CC2)cc1OC. The number of ether oxygens (including phenoxy) is 4. The number of likely N-dealkylation sites (N-methyl/N-ethyl adjacent to an activating group) is 1. The van der Waals surface area contributed by atoms with Crippen LogP contribution in [0.1, 0.15) is 42.4 Å². The van der Waals surface area contributed by atoms with Crippen LogP contribution in [0.2, 0.25) is 0 Å². The first-order chi connectivity index (χ1) is 15.6. The van der Waals surface area contributed by atoms with Gasteiger partial charge in [-0.2, -0.15) is 0 Å². The lowest BCUT2D eigenvalue weighted by atomic mass is 9.94. The summed E-state index contributed by atoms with van der Waals surface area (Å²) in [5.41, 5.74) is 4.14. The second kappa shape index (κ2) is 12.0. The standard InChI is InChI=1S/C27H39NO4/c1-28(16-14-21-10-13-24(29-2)25(17-21)30-3)15-6-7-20-8-11-22-18-26(31-4)27(32-5)19-23(22)12-9-20/h10,13,17-20H,6-9,11-12,14-16H2,1-5H3. The van der Waals surface area contributed by atoms with Gasteiger partial charge in [0.1, 0.15) is 0 Å². The van der Waals surface area contributed by atoms with Crippen LogP contribution in [0, 0.1) is 5.92 Å². The summed E-state index contributed by atoms with van der Waals surface area (Å²) < 4.78 is 21.7. The topological polar surface area (TPSA) is 40.2 Å². The maximum atomic E-state index is 5.50. The van der Waals surface area contributed by atoms with Crippen molar-refractivity contribution in [2.45, 2.75) is 44.9 Å². The fraction of sp³-hybridized carbons (Fsp3) is 0.556. The lowest BCUT2D eigenvalue weighted by molar-refractivity contribution is 0.308. The molecule has 0 amide bonds. The summed E-state index contributed by atoms with van der Waals surface area (Å²) in [4.78, 5) is 2.44. The summed E-state index contributed by atoms with van der Waals surface area (Å²) in [6, 6.07) is 10.6. The van der Waals surface area contributed by atoms with E-state index in [9.17, 15) is 0 Å². The highest BCUT2D eigenvalue weighted by atomic mass is 16.5. The summed E-state index contributed by atoms with van der Waals surface area (Å²) >= 11 is 0. The van der Waals surface area contributed by atoms with Crippen LogP contribution in [0.3, 0.4) is 0 Å². The Bertz CT molecular complexity index is 832. The number of nitrogens with zero attached hydrogens (tertiary/aromatic N) is 1. The Hall–Kier alpha value is -2.40. The van der Waals surface area contributed by atoms with Gasteiger partial charge in [0.25, 0.3) is 0 Å². The van der Waals surface area contributed by atoms with Crippen molar-refractivity contribution in [1.82, 2.24) is 4.90 Å². The van der Waals surface area contributed by atoms with Crippen molar-refractivity contribution in [1.29, 1.82) is 0 Å². The molecular weight excluding hydrogens is 402 g/mol. The molecule has 2 aromatic carbocycles. The van der Waals surface area contributed by atoms with Gasteiger partial charge in [-0.15, -0.1) is 0 Å². The molecule has 32 heavy (non-hydrogen) atoms. The lowest BCUT2D eigenvalue weighted by Crippen LogP contribution is -2.23. The molecule has 5 heteroatoms. The summed E-state index contributed by atoms with van der Waals surface area (Å²) in [6.07, 6.45) is 8.35. The average molecular weight is 442 g/mol. The third-order valence-corrected chi connectivity index (χ3v) is 6.73. The van der Waals surface area contributed by atoms with Gasteiger partial charge < -0.3 is 23.8 Å². The minimum absolute atomic E-state index is 0.784. The molecule has 0 aromatic heterocycles. The number of hydrogen-bond donors (Lipinski definition) is 0. The van der Waals surface area contributed by atoms with Crippen molar-refractivity contribution in [3.8, 4) is 23.0 Å². The van der Waals surface area contributed by atoms with E-state index in [0.717, 1.165) is 61.3 Å². The van der Waals surface area contributed by atoms with Crippen LogP contribution in [0.4, 0.5) is 0 Å². The van der Waals surface area contributed by atoms with E-state index in [1.54, 1.807) is 28.4 Å². The maximum Gasteiger partial charge on any atom is 0.161 e. The first kappa shape index (κ1) is 24.2. The van der Waals surface area contributed by atoms with E-state index < -0.39 is 0 Å². The summed E-state index contributed by atoms with van der Waals surface area (Å²) in [7, 11) is 9.01. The molecule has 0 unspecified atom stereocenters. The molecule has 5 nitrogen and oxygen atoms in total. The Morgan fingerprint density at radius 1 is 0.750 bits per heavy atom. The maximum absolute atomic E-state index is 5.50. The number of hydrogen-bond acceptors (Lipinski definition) is 5. The van der Waals surface area contributed by atoms with Crippen LogP contribution >= 0.6 is 0 Å². The molecule has 3 rings (SSSR count). The van der Waals surface area contributed by atoms with Gasteiger partial charge in [0.05, 0.1) is 28.4 Å². The monoisotopic (exact) mass is 441 g/mol. The Morgan fingerprint density at radius 2 is 1.31 bits per heavy atom. The molecule has 0 fully saturated rings. The van der Waals surface area contributed by atoms with E-state index in [4.69, 9.17) is 18.9 Å². The molecule has 1 aliphatic rings. The normalized spacial score (nSPS) is 14.1. The Kier molecular flexibility index (Phi) is 9.10. The highest BCUT2D eigenvalue weighted by molar-refractivity contribution is 5.48. The summed E-state index contributed by atoms with van der Waals surface area (Å²) in [5.74, 6) is 4.07. The van der Waals surface area contributed by atoms with Crippen molar-refractivity contribution >= 4 is 0 Å². The van der Waals surface area contributed by atoms with Crippen LogP contribution < -0.4 is 18.9 Å². The fourth-order valence-electron chi connectivity index (χ4n) is 4.70. The zero-order valence-corrected chi connectivity index (χ0v) is 20.4. The lowest BCUT2D eigenvalue weighted by Gasteiger charge is -2.19. The number of aryl methyl sites for hydroxylation is 2. The molecule has 0 N–H and O–H groups in total. The molecule has 0 aliphatic heterocycles. The van der Waals surface area contributed by atoms with Crippen LogP contribution in [0.15, 0.2) is 30.3 Å². The van der Waals surface area contributed by atoms with Gasteiger partial charge in [-0.1, -0.05) is 6.07 Å². The average Bonchev–Trinajstić information content (AvgIpc) is 3.03. The smallest absolute Gasteiger partial charge is 0.161 e. The van der Waals surface area contributed by atoms with E-state index in [2.05, 4.69) is 36.2 Å². The Labute approximate surface area is 193 Å². The number of fused-ring (bicyclic) bond motifs is 1. The molecule has 1 aliphatic carbocycles. The van der Waals surface area contributed by atoms with Crippen molar-refractivity contribution in [2.24, 2.45) is 5.92 Å². The molecule has 2 aromatic rings. The minimum Gasteiger partial charge on any atom is -0.493 e. The van der Waals surface area contributed by atoms with Gasteiger partial charge in [-0.05, 0) is 105 Å². The minimum atomic E-state index is 0.784. The predicted octanol–water partition coefficient (Wildman–Crippen LogP) is 5.17. The quantitative estimate of drug-likeness (QED) is 0.450. The summed E-state index contributed by atoms with van der Waals surface area (Å²) in [6.45, 7) is 2.18. The second-order valence-corrected chi connectivity index (χ2v) is 8.80. The second-order valence-electron chi connectivity index (χ2n) is 8.80. The van der Waals surface area contributed by atoms with Gasteiger partial charge in [0.2, 0.25) is 0 Å². The molecule has 0 spiro atoms. The van der Waals surface area contributed by atoms with Crippen LogP contribution in [0.5, 0.6) is 23.0 Å². The molecule has 0 saturated heterocycles. The van der Waals surface area contributed by atoms with E-state index in [1.807, 2.05) is 6.07 Å². The van der Waals surface area contributed by atoms with Crippen LogP contribution in [0.25, 0.3) is 0 Å². The van der Waals surface area contributed by atoms with Gasteiger partial charge in [0, 0.05) is 6.54 Å². The van der Waals surface area contributed by atoms with E-state index >= 15 is 0 Å². The molecule has 0 saturated carbocycles. The number of methoxy groups -OCH3 is 4. The highest BCUT2D eigenvalue weighted by Gasteiger charge is 2.19. The molecule has 0 heterocycles. The van der Waals surface area contributed by atoms with Crippen LogP contribution in [-0.4, -0.2) is 53.5 Å². The van der Waals surface area contributed by atoms with Crippen molar-refractivity contribution < 1.29 is 18.9 Å². The molecular formula is C27H39NO4. The van der Waals surface area contributed by atoms with E-state index in [-0.39, 0.29) is 0 Å². The predicted molar refractivity (Wildman–Crippen MR) is 130 cm³/mol. The van der Waals surface area contributed by atoms with Gasteiger partial charge in [-0.3, -0.25) is 0 Å².